The standard InChI is InChI=1S/C21H25N7O2/c1-20(2,3)21-10-13(11-25-21)28(17(21)18(29)30)19-26-14(9-16-24-6-7-27(16)19)12-4-5-23-15(22)8-12/h4-9,13,17,25H,10-11H2,1-3H3,(H2,22,23)(H,29,30). The molecule has 0 amide bonds. The summed E-state index contributed by atoms with van der Waals surface area (Å²) < 4.78 is 1.86. The Bertz CT molecular complexity index is 1150. The number of nitrogens with two attached hydrogens (primary N) is 1. The molecular weight excluding hydrogens is 382 g/mol. The van der Waals surface area contributed by atoms with Gasteiger partial charge >= 0.3 is 5.97 Å². The molecule has 2 aliphatic heterocycles. The number of carbonyl (C=O) groups is 1. The normalized spacial score (nSPS) is 25.9. The number of aromatic nitrogens is 4. The van der Waals surface area contributed by atoms with E-state index in [-0.39, 0.29) is 11.5 Å². The number of imidazole rings is 1. The number of pyridine rings is 1. The van der Waals surface area contributed by atoms with E-state index in [1.165, 1.54) is 0 Å². The van der Waals surface area contributed by atoms with Crippen LogP contribution in [0.25, 0.3) is 16.9 Å². The van der Waals surface area contributed by atoms with Gasteiger partial charge in [0.1, 0.15) is 17.5 Å². The van der Waals surface area contributed by atoms with Crippen molar-refractivity contribution in [3.63, 3.8) is 0 Å². The molecule has 5 rings (SSSR count). The molecule has 3 aromatic rings. The molecule has 9 nitrogen and oxygen atoms in total. The van der Waals surface area contributed by atoms with Gasteiger partial charge in [-0.3, -0.25) is 4.40 Å². The van der Waals surface area contributed by atoms with Crippen molar-refractivity contribution >= 4 is 23.4 Å². The summed E-state index contributed by atoms with van der Waals surface area (Å²) in [6, 6.07) is 4.76. The van der Waals surface area contributed by atoms with Crippen LogP contribution in [0.1, 0.15) is 27.2 Å². The van der Waals surface area contributed by atoms with Gasteiger partial charge in [0.25, 0.3) is 0 Å². The monoisotopic (exact) mass is 407 g/mol. The van der Waals surface area contributed by atoms with Crippen molar-refractivity contribution in [3.05, 3.63) is 36.8 Å². The highest BCUT2D eigenvalue weighted by molar-refractivity contribution is 5.82. The first-order chi connectivity index (χ1) is 14.2. The molecule has 2 fully saturated rings. The second-order valence-corrected chi connectivity index (χ2v) is 9.17. The zero-order valence-electron chi connectivity index (χ0n) is 17.2. The molecule has 2 aliphatic rings. The number of nitrogens with one attached hydrogen (secondary N) is 1. The summed E-state index contributed by atoms with van der Waals surface area (Å²) in [6.07, 6.45) is 5.91. The SMILES string of the molecule is CC(C)(C)C12CC(CN1)N(c1nc(-c3ccnc(N)c3)cc3nccn13)C2C(=O)O. The molecule has 0 aromatic carbocycles. The number of nitrogens with zero attached hydrogens (tertiary/aromatic N) is 5. The molecule has 30 heavy (non-hydrogen) atoms. The van der Waals surface area contributed by atoms with Gasteiger partial charge in [0.2, 0.25) is 5.95 Å². The number of anilines is 2. The molecule has 2 saturated heterocycles. The number of carboxylic acids is 1. The summed E-state index contributed by atoms with van der Waals surface area (Å²) in [4.78, 5) is 27.9. The Labute approximate surface area is 174 Å². The molecule has 9 heteroatoms. The number of hydrogen-bond acceptors (Lipinski definition) is 7. The molecule has 3 aromatic heterocycles. The lowest BCUT2D eigenvalue weighted by Crippen LogP contribution is -2.67. The second-order valence-electron chi connectivity index (χ2n) is 9.17. The van der Waals surface area contributed by atoms with E-state index in [4.69, 9.17) is 10.7 Å². The first kappa shape index (κ1) is 18.8. The number of carboxylic acid groups (broad SMARTS) is 1. The predicted molar refractivity (Wildman–Crippen MR) is 113 cm³/mol. The molecule has 0 spiro atoms. The van der Waals surface area contributed by atoms with E-state index < -0.39 is 17.6 Å². The van der Waals surface area contributed by atoms with Crippen LogP contribution in [0.15, 0.2) is 36.8 Å². The molecule has 0 radical (unpaired) electrons. The number of aliphatic carboxylic acids is 1. The Hall–Kier alpha value is -3.20. The van der Waals surface area contributed by atoms with Crippen molar-refractivity contribution in [3.8, 4) is 11.3 Å². The van der Waals surface area contributed by atoms with Crippen molar-refractivity contribution in [2.45, 2.75) is 44.8 Å². The van der Waals surface area contributed by atoms with Crippen LogP contribution in [0.5, 0.6) is 0 Å². The maximum Gasteiger partial charge on any atom is 0.328 e. The first-order valence-electron chi connectivity index (χ1n) is 10.0. The third-order valence-electron chi connectivity index (χ3n) is 6.60. The van der Waals surface area contributed by atoms with Crippen LogP contribution in [-0.4, -0.2) is 54.6 Å². The smallest absolute Gasteiger partial charge is 0.328 e. The summed E-state index contributed by atoms with van der Waals surface area (Å²) >= 11 is 0. The Morgan fingerprint density at radius 3 is 2.80 bits per heavy atom. The Morgan fingerprint density at radius 2 is 2.10 bits per heavy atom. The Morgan fingerprint density at radius 1 is 1.30 bits per heavy atom. The number of piperazine rings is 1. The minimum absolute atomic E-state index is 0.0289. The maximum atomic E-state index is 12.5. The van der Waals surface area contributed by atoms with Gasteiger partial charge in [-0.25, -0.2) is 19.7 Å². The number of hydrogen-bond donors (Lipinski definition) is 3. The second kappa shape index (κ2) is 6.15. The van der Waals surface area contributed by atoms with Gasteiger partial charge in [-0.1, -0.05) is 20.8 Å². The van der Waals surface area contributed by atoms with Crippen molar-refractivity contribution in [2.75, 3.05) is 17.2 Å². The van der Waals surface area contributed by atoms with Gasteiger partial charge in [-0.05, 0) is 24.0 Å². The molecule has 3 atom stereocenters. The van der Waals surface area contributed by atoms with E-state index in [1.54, 1.807) is 18.5 Å². The van der Waals surface area contributed by atoms with E-state index in [0.717, 1.165) is 12.0 Å². The van der Waals surface area contributed by atoms with Crippen molar-refractivity contribution in [1.29, 1.82) is 0 Å². The summed E-state index contributed by atoms with van der Waals surface area (Å²) in [6.45, 7) is 7.00. The van der Waals surface area contributed by atoms with Crippen LogP contribution < -0.4 is 16.0 Å². The zero-order valence-corrected chi connectivity index (χ0v) is 17.2. The molecule has 0 aliphatic carbocycles. The fraction of sp³-hybridized carbons (Fsp3) is 0.429. The molecular formula is C21H25N7O2. The quantitative estimate of drug-likeness (QED) is 0.601. The Kier molecular flexibility index (Phi) is 3.85. The minimum Gasteiger partial charge on any atom is -0.480 e. The molecule has 2 bridgehead atoms. The molecule has 5 heterocycles. The van der Waals surface area contributed by atoms with Crippen LogP contribution >= 0.6 is 0 Å². The average molecular weight is 407 g/mol. The zero-order chi connectivity index (χ0) is 21.3. The van der Waals surface area contributed by atoms with E-state index >= 15 is 0 Å². The van der Waals surface area contributed by atoms with E-state index in [0.29, 0.717) is 29.7 Å². The predicted octanol–water partition coefficient (Wildman–Crippen LogP) is 1.79. The van der Waals surface area contributed by atoms with Crippen molar-refractivity contribution in [2.24, 2.45) is 5.41 Å². The average Bonchev–Trinajstić information content (AvgIpc) is 3.40. The fourth-order valence-corrected chi connectivity index (χ4v) is 5.10. The number of fused-ring (bicyclic) bond motifs is 3. The molecule has 0 saturated carbocycles. The van der Waals surface area contributed by atoms with Crippen molar-refractivity contribution in [1.82, 2.24) is 24.7 Å². The number of rotatable bonds is 3. The lowest BCUT2D eigenvalue weighted by atomic mass is 9.69. The van der Waals surface area contributed by atoms with E-state index in [1.807, 2.05) is 27.6 Å². The first-order valence-corrected chi connectivity index (χ1v) is 10.0. The van der Waals surface area contributed by atoms with Gasteiger partial charge in [-0.2, -0.15) is 0 Å². The van der Waals surface area contributed by atoms with E-state index in [2.05, 4.69) is 36.1 Å². The van der Waals surface area contributed by atoms with Crippen LogP contribution in [0, 0.1) is 5.41 Å². The highest BCUT2D eigenvalue weighted by Gasteiger charge is 2.65. The summed E-state index contributed by atoms with van der Waals surface area (Å²) in [5, 5.41) is 13.8. The number of nitrogen functional groups attached to an aromatic ring is 1. The Balaban J connectivity index is 1.71. The molecule has 156 valence electrons. The summed E-state index contributed by atoms with van der Waals surface area (Å²) in [5.41, 5.74) is 7.28. The highest BCUT2D eigenvalue weighted by atomic mass is 16.4. The third-order valence-corrected chi connectivity index (χ3v) is 6.60. The fourth-order valence-electron chi connectivity index (χ4n) is 5.10. The lowest BCUT2D eigenvalue weighted by Gasteiger charge is -2.47. The lowest BCUT2D eigenvalue weighted by molar-refractivity contribution is -0.141. The largest absolute Gasteiger partial charge is 0.480 e. The van der Waals surface area contributed by atoms with Crippen molar-refractivity contribution < 1.29 is 9.90 Å². The van der Waals surface area contributed by atoms with Crippen LogP contribution in [0.2, 0.25) is 0 Å². The van der Waals surface area contributed by atoms with E-state index in [9.17, 15) is 9.90 Å². The van der Waals surface area contributed by atoms with Gasteiger partial charge in [0, 0.05) is 42.8 Å². The highest BCUT2D eigenvalue weighted by Crippen LogP contribution is 2.50. The van der Waals surface area contributed by atoms with Gasteiger partial charge in [-0.15, -0.1) is 0 Å². The molecule has 4 N–H and O–H groups in total. The van der Waals surface area contributed by atoms with Gasteiger partial charge < -0.3 is 21.1 Å². The van der Waals surface area contributed by atoms with Gasteiger partial charge in [0.15, 0.2) is 0 Å². The third kappa shape index (κ3) is 2.51. The minimum atomic E-state index is -0.853. The summed E-state index contributed by atoms with van der Waals surface area (Å²) in [7, 11) is 0. The van der Waals surface area contributed by atoms with Crippen LogP contribution in [0.3, 0.4) is 0 Å². The topological polar surface area (TPSA) is 122 Å². The van der Waals surface area contributed by atoms with Crippen LogP contribution in [-0.2, 0) is 4.79 Å². The molecule has 3 unspecified atom stereocenters. The van der Waals surface area contributed by atoms with Gasteiger partial charge in [0.05, 0.1) is 11.2 Å². The summed E-state index contributed by atoms with van der Waals surface area (Å²) in [5.74, 6) is 0.132. The van der Waals surface area contributed by atoms with Crippen LogP contribution in [0.4, 0.5) is 11.8 Å². The maximum absolute atomic E-state index is 12.5.